The minimum Gasteiger partial charge on any atom is -0.495 e. The summed E-state index contributed by atoms with van der Waals surface area (Å²) < 4.78 is 7.06. The highest BCUT2D eigenvalue weighted by Crippen LogP contribution is 2.26. The van der Waals surface area contributed by atoms with E-state index < -0.39 is 0 Å². The number of carbonyl (C=O) groups excluding carboxylic acids is 1. The Labute approximate surface area is 158 Å². The van der Waals surface area contributed by atoms with Crippen molar-refractivity contribution in [1.82, 2.24) is 4.57 Å². The van der Waals surface area contributed by atoms with Crippen LogP contribution in [-0.4, -0.2) is 17.6 Å². The number of nitrogens with one attached hydrogen (secondary N) is 1. The van der Waals surface area contributed by atoms with Crippen LogP contribution in [0.4, 0.5) is 5.69 Å². The molecule has 1 aromatic heterocycles. The number of anilines is 1. The summed E-state index contributed by atoms with van der Waals surface area (Å²) in [6.45, 7) is 6.23. The molecule has 5 heteroatoms. The lowest BCUT2D eigenvalue weighted by Crippen LogP contribution is -2.24. The first-order valence-corrected chi connectivity index (χ1v) is 8.95. The van der Waals surface area contributed by atoms with Crippen molar-refractivity contribution in [2.45, 2.75) is 33.7 Å². The molecule has 0 saturated heterocycles. The average molecular weight is 364 g/mol. The van der Waals surface area contributed by atoms with Crippen molar-refractivity contribution in [3.05, 3.63) is 69.5 Å². The van der Waals surface area contributed by atoms with E-state index in [1.807, 2.05) is 57.2 Å². The monoisotopic (exact) mass is 364 g/mol. The minimum atomic E-state index is -0.136. The third-order valence-electron chi connectivity index (χ3n) is 4.87. The Hall–Kier alpha value is -3.08. The number of para-hydroxylation sites is 1. The fraction of sp³-hybridized carbons (Fsp3) is 0.273. The van der Waals surface area contributed by atoms with E-state index in [4.69, 9.17) is 4.74 Å². The second-order valence-electron chi connectivity index (χ2n) is 6.77. The van der Waals surface area contributed by atoms with Gasteiger partial charge in [-0.05, 0) is 55.7 Å². The molecule has 140 valence electrons. The standard InChI is InChI=1S/C22H24N2O3/c1-14-8-9-17(12-15(14)2)23-20(25)10-11-24-21(26)13-16(3)18-6-5-7-19(27-4)22(18)24/h5-9,12-13H,10-11H2,1-4H3,(H,23,25). The molecule has 5 nitrogen and oxygen atoms in total. The molecule has 0 radical (unpaired) electrons. The Kier molecular flexibility index (Phi) is 5.31. The van der Waals surface area contributed by atoms with Crippen LogP contribution in [0.15, 0.2) is 47.3 Å². The van der Waals surface area contributed by atoms with Crippen LogP contribution < -0.4 is 15.6 Å². The van der Waals surface area contributed by atoms with Crippen LogP contribution in [0.3, 0.4) is 0 Å². The van der Waals surface area contributed by atoms with Crippen LogP contribution >= 0.6 is 0 Å². The number of benzene rings is 2. The lowest BCUT2D eigenvalue weighted by atomic mass is 10.1. The fourth-order valence-corrected chi connectivity index (χ4v) is 3.21. The zero-order valence-electron chi connectivity index (χ0n) is 16.1. The molecule has 0 bridgehead atoms. The minimum absolute atomic E-state index is 0.131. The van der Waals surface area contributed by atoms with E-state index >= 15 is 0 Å². The Morgan fingerprint density at radius 3 is 2.52 bits per heavy atom. The van der Waals surface area contributed by atoms with Crippen LogP contribution in [0.2, 0.25) is 0 Å². The van der Waals surface area contributed by atoms with Crippen LogP contribution in [0.1, 0.15) is 23.1 Å². The molecule has 0 aliphatic rings. The van der Waals surface area contributed by atoms with Crippen LogP contribution in [0.25, 0.3) is 10.9 Å². The first kappa shape index (κ1) is 18.7. The fourth-order valence-electron chi connectivity index (χ4n) is 3.21. The van der Waals surface area contributed by atoms with Gasteiger partial charge in [0, 0.05) is 30.1 Å². The lowest BCUT2D eigenvalue weighted by molar-refractivity contribution is -0.116. The van der Waals surface area contributed by atoms with Crippen LogP contribution in [0.5, 0.6) is 5.75 Å². The summed E-state index contributed by atoms with van der Waals surface area (Å²) in [6.07, 6.45) is 0.197. The summed E-state index contributed by atoms with van der Waals surface area (Å²) in [5.41, 5.74) is 4.55. The number of ether oxygens (including phenoxy) is 1. The summed E-state index contributed by atoms with van der Waals surface area (Å²) in [5.74, 6) is 0.497. The van der Waals surface area contributed by atoms with Crippen molar-refractivity contribution in [3.8, 4) is 5.75 Å². The molecule has 1 N–H and O–H groups in total. The van der Waals surface area contributed by atoms with Crippen molar-refractivity contribution >= 4 is 22.5 Å². The number of hydrogen-bond acceptors (Lipinski definition) is 3. The van der Waals surface area contributed by atoms with Gasteiger partial charge in [0.25, 0.3) is 5.56 Å². The third-order valence-corrected chi connectivity index (χ3v) is 4.87. The molecule has 3 aromatic rings. The van der Waals surface area contributed by atoms with Gasteiger partial charge in [0.05, 0.1) is 12.6 Å². The molecule has 0 aliphatic heterocycles. The SMILES string of the molecule is COc1cccc2c(C)cc(=O)n(CCC(=O)Nc3ccc(C)c(C)c3)c12. The number of fused-ring (bicyclic) bond motifs is 1. The molecule has 0 atom stereocenters. The van der Waals surface area contributed by atoms with Gasteiger partial charge >= 0.3 is 0 Å². The number of carbonyl (C=O) groups is 1. The van der Waals surface area contributed by atoms with E-state index in [-0.39, 0.29) is 24.4 Å². The zero-order chi connectivity index (χ0) is 19.6. The van der Waals surface area contributed by atoms with Gasteiger partial charge in [0.1, 0.15) is 5.75 Å². The highest BCUT2D eigenvalue weighted by Gasteiger charge is 2.12. The molecule has 27 heavy (non-hydrogen) atoms. The van der Waals surface area contributed by atoms with Crippen molar-refractivity contribution < 1.29 is 9.53 Å². The van der Waals surface area contributed by atoms with Gasteiger partial charge in [-0.3, -0.25) is 9.59 Å². The van der Waals surface area contributed by atoms with Crippen LogP contribution in [0, 0.1) is 20.8 Å². The normalized spacial score (nSPS) is 10.8. The summed E-state index contributed by atoms with van der Waals surface area (Å²) in [7, 11) is 1.58. The third kappa shape index (κ3) is 3.87. The summed E-state index contributed by atoms with van der Waals surface area (Å²) in [4.78, 5) is 24.9. The van der Waals surface area contributed by atoms with Gasteiger partial charge in [-0.25, -0.2) is 0 Å². The first-order valence-electron chi connectivity index (χ1n) is 8.95. The Bertz CT molecular complexity index is 1070. The van der Waals surface area contributed by atoms with E-state index in [1.165, 1.54) is 5.56 Å². The highest BCUT2D eigenvalue weighted by atomic mass is 16.5. The van der Waals surface area contributed by atoms with E-state index in [0.29, 0.717) is 5.75 Å². The maximum Gasteiger partial charge on any atom is 0.251 e. The molecule has 2 aromatic carbocycles. The van der Waals surface area contributed by atoms with Gasteiger partial charge in [0.15, 0.2) is 0 Å². The van der Waals surface area contributed by atoms with Crippen molar-refractivity contribution in [2.75, 3.05) is 12.4 Å². The van der Waals surface area contributed by atoms with Crippen molar-refractivity contribution in [3.63, 3.8) is 0 Å². The Morgan fingerprint density at radius 2 is 1.81 bits per heavy atom. The molecular formula is C22H24N2O3. The van der Waals surface area contributed by atoms with E-state index in [0.717, 1.165) is 27.7 Å². The number of amides is 1. The molecule has 1 amide bonds. The van der Waals surface area contributed by atoms with Gasteiger partial charge in [-0.2, -0.15) is 0 Å². The van der Waals surface area contributed by atoms with E-state index in [2.05, 4.69) is 5.32 Å². The average Bonchev–Trinajstić information content (AvgIpc) is 2.64. The first-order chi connectivity index (χ1) is 12.9. The predicted octanol–water partition coefficient (Wildman–Crippen LogP) is 3.96. The van der Waals surface area contributed by atoms with Crippen molar-refractivity contribution in [2.24, 2.45) is 0 Å². The Balaban J connectivity index is 1.85. The van der Waals surface area contributed by atoms with Gasteiger partial charge in [0.2, 0.25) is 5.91 Å². The maximum atomic E-state index is 12.6. The largest absolute Gasteiger partial charge is 0.495 e. The number of rotatable bonds is 5. The summed E-state index contributed by atoms with van der Waals surface area (Å²) in [6, 6.07) is 13.1. The number of aryl methyl sites for hydroxylation is 4. The lowest BCUT2D eigenvalue weighted by Gasteiger charge is -2.15. The number of pyridine rings is 1. The number of aromatic nitrogens is 1. The molecule has 0 unspecified atom stereocenters. The molecule has 3 rings (SSSR count). The van der Waals surface area contributed by atoms with Gasteiger partial charge in [-0.1, -0.05) is 18.2 Å². The number of hydrogen-bond donors (Lipinski definition) is 1. The van der Waals surface area contributed by atoms with E-state index in [1.54, 1.807) is 17.7 Å². The predicted molar refractivity (Wildman–Crippen MR) is 109 cm³/mol. The summed E-state index contributed by atoms with van der Waals surface area (Å²) in [5, 5.41) is 3.85. The quantitative estimate of drug-likeness (QED) is 0.745. The molecule has 0 saturated carbocycles. The summed E-state index contributed by atoms with van der Waals surface area (Å²) >= 11 is 0. The number of nitrogens with zero attached hydrogens (tertiary/aromatic N) is 1. The second kappa shape index (κ2) is 7.66. The second-order valence-corrected chi connectivity index (χ2v) is 6.77. The number of methoxy groups -OCH3 is 1. The molecular weight excluding hydrogens is 340 g/mol. The topological polar surface area (TPSA) is 60.3 Å². The smallest absolute Gasteiger partial charge is 0.251 e. The molecule has 0 aliphatic carbocycles. The van der Waals surface area contributed by atoms with Crippen LogP contribution in [-0.2, 0) is 11.3 Å². The maximum absolute atomic E-state index is 12.6. The molecule has 1 heterocycles. The molecule has 0 spiro atoms. The van der Waals surface area contributed by atoms with Gasteiger partial charge in [-0.15, -0.1) is 0 Å². The van der Waals surface area contributed by atoms with Gasteiger partial charge < -0.3 is 14.6 Å². The highest BCUT2D eigenvalue weighted by molar-refractivity contribution is 5.91. The zero-order valence-corrected chi connectivity index (χ0v) is 16.1. The van der Waals surface area contributed by atoms with Crippen molar-refractivity contribution in [1.29, 1.82) is 0 Å². The molecule has 0 fully saturated rings. The Morgan fingerprint density at radius 1 is 1.04 bits per heavy atom. The van der Waals surface area contributed by atoms with E-state index in [9.17, 15) is 9.59 Å².